The van der Waals surface area contributed by atoms with Crippen molar-refractivity contribution in [2.24, 2.45) is 0 Å². The van der Waals surface area contributed by atoms with E-state index in [9.17, 15) is 36.6 Å². The molecule has 3 rings (SSSR count). The van der Waals surface area contributed by atoms with Crippen LogP contribution in [0.4, 0.5) is 18.9 Å². The van der Waals surface area contributed by atoms with Crippen molar-refractivity contribution in [1.82, 2.24) is 0 Å². The van der Waals surface area contributed by atoms with Gasteiger partial charge in [0.15, 0.2) is 11.5 Å². The van der Waals surface area contributed by atoms with E-state index in [1.807, 2.05) is 0 Å². The molecule has 3 aromatic carbocycles. The Labute approximate surface area is 214 Å². The van der Waals surface area contributed by atoms with Crippen molar-refractivity contribution >= 4 is 33.3 Å². The number of hydrogen-bond donors (Lipinski definition) is 3. The van der Waals surface area contributed by atoms with Crippen LogP contribution in [0.25, 0.3) is 0 Å². The third-order valence-electron chi connectivity index (χ3n) is 4.74. The molecule has 0 aliphatic rings. The molecule has 198 valence electrons. The number of aliphatic hydroxyl groups excluding tert-OH is 1. The minimum absolute atomic E-state index is 0.0204. The van der Waals surface area contributed by atoms with Gasteiger partial charge < -0.3 is 24.4 Å². The van der Waals surface area contributed by atoms with Gasteiger partial charge in [0.1, 0.15) is 18.1 Å². The summed E-state index contributed by atoms with van der Waals surface area (Å²) < 4.78 is 83.1. The number of aromatic carboxylic acids is 1. The van der Waals surface area contributed by atoms with Crippen LogP contribution >= 0.6 is 11.6 Å². The van der Waals surface area contributed by atoms with Gasteiger partial charge in [-0.25, -0.2) is 13.2 Å². The molecule has 9 nitrogen and oxygen atoms in total. The van der Waals surface area contributed by atoms with E-state index in [2.05, 4.69) is 4.72 Å². The number of benzene rings is 3. The smallest absolute Gasteiger partial charge is 0.416 e. The summed E-state index contributed by atoms with van der Waals surface area (Å²) >= 11 is 6.19. The number of halogens is 4. The van der Waals surface area contributed by atoms with Gasteiger partial charge in [0.25, 0.3) is 10.0 Å². The maximum atomic E-state index is 13.0. The number of sulfonamides is 1. The van der Waals surface area contributed by atoms with E-state index < -0.39 is 50.5 Å². The van der Waals surface area contributed by atoms with Crippen LogP contribution < -0.4 is 18.9 Å². The first kappa shape index (κ1) is 27.9. The first-order valence-corrected chi connectivity index (χ1v) is 12.1. The maximum Gasteiger partial charge on any atom is 0.416 e. The number of aliphatic hydroxyl groups is 1. The fourth-order valence-corrected chi connectivity index (χ4v) is 4.20. The monoisotopic (exact) mass is 561 g/mol. The van der Waals surface area contributed by atoms with Crippen LogP contribution in [0.15, 0.2) is 59.5 Å². The van der Waals surface area contributed by atoms with Crippen molar-refractivity contribution in [3.63, 3.8) is 0 Å². The number of rotatable bonds is 10. The highest BCUT2D eigenvalue weighted by Crippen LogP contribution is 2.43. The summed E-state index contributed by atoms with van der Waals surface area (Å²) in [4.78, 5) is 11.1. The zero-order valence-corrected chi connectivity index (χ0v) is 20.4. The highest BCUT2D eigenvalue weighted by atomic mass is 35.5. The summed E-state index contributed by atoms with van der Waals surface area (Å²) in [6, 6.07) is 8.97. The average molecular weight is 562 g/mol. The highest BCUT2D eigenvalue weighted by Gasteiger charge is 2.31. The molecule has 0 spiro atoms. The Balaban J connectivity index is 2.14. The molecule has 0 aliphatic heterocycles. The van der Waals surface area contributed by atoms with Crippen molar-refractivity contribution < 1.29 is 50.8 Å². The van der Waals surface area contributed by atoms with E-state index in [1.54, 1.807) is 0 Å². The molecule has 0 saturated heterocycles. The second-order valence-corrected chi connectivity index (χ2v) is 9.34. The molecule has 3 aromatic rings. The van der Waals surface area contributed by atoms with Crippen molar-refractivity contribution in [2.75, 3.05) is 25.0 Å². The summed E-state index contributed by atoms with van der Waals surface area (Å²) in [5, 5.41) is 18.8. The number of nitrogens with one attached hydrogen (secondary N) is 1. The lowest BCUT2D eigenvalue weighted by molar-refractivity contribution is -0.137. The first-order chi connectivity index (χ1) is 17.4. The molecule has 0 heterocycles. The van der Waals surface area contributed by atoms with Crippen molar-refractivity contribution in [3.8, 4) is 23.0 Å². The second-order valence-electron chi connectivity index (χ2n) is 7.25. The quantitative estimate of drug-likeness (QED) is 0.314. The van der Waals surface area contributed by atoms with Crippen LogP contribution in [0.2, 0.25) is 5.02 Å². The lowest BCUT2D eigenvalue weighted by atomic mass is 10.1. The van der Waals surface area contributed by atoms with Gasteiger partial charge in [-0.1, -0.05) is 11.6 Å². The van der Waals surface area contributed by atoms with Gasteiger partial charge in [-0.3, -0.25) is 4.72 Å². The largest absolute Gasteiger partial charge is 0.497 e. The van der Waals surface area contributed by atoms with E-state index in [0.29, 0.717) is 17.9 Å². The summed E-state index contributed by atoms with van der Waals surface area (Å²) in [7, 11) is -3.16. The Bertz CT molecular complexity index is 1400. The zero-order valence-electron chi connectivity index (χ0n) is 18.9. The maximum absolute atomic E-state index is 13.0. The molecule has 0 aliphatic carbocycles. The van der Waals surface area contributed by atoms with Crippen LogP contribution in [0.5, 0.6) is 23.0 Å². The van der Waals surface area contributed by atoms with Crippen molar-refractivity contribution in [2.45, 2.75) is 11.1 Å². The van der Waals surface area contributed by atoms with Gasteiger partial charge in [0, 0.05) is 6.07 Å². The molecule has 14 heteroatoms. The normalized spacial score (nSPS) is 11.6. The minimum atomic E-state index is -4.68. The number of methoxy groups -OCH3 is 1. The fraction of sp³-hybridized carbons (Fsp3) is 0.174. The molecule has 0 bridgehead atoms. The lowest BCUT2D eigenvalue weighted by Gasteiger charge is -2.19. The minimum Gasteiger partial charge on any atom is -0.497 e. The predicted octanol–water partition coefficient (Wildman–Crippen LogP) is 5.03. The Morgan fingerprint density at radius 3 is 2.30 bits per heavy atom. The van der Waals surface area contributed by atoms with Gasteiger partial charge in [-0.05, 0) is 48.5 Å². The predicted molar refractivity (Wildman–Crippen MR) is 126 cm³/mol. The summed E-state index contributed by atoms with van der Waals surface area (Å²) in [5.74, 6) is -1.74. The van der Waals surface area contributed by atoms with E-state index >= 15 is 0 Å². The van der Waals surface area contributed by atoms with Crippen LogP contribution in [-0.2, 0) is 16.2 Å². The molecule has 0 aromatic heterocycles. The first-order valence-electron chi connectivity index (χ1n) is 10.2. The number of carboxylic acids is 1. The standard InChI is InChI=1S/C23H19ClF3NO8S/c1-34-15-4-7-17(24)19(12-15)36-21-18(10-13(22(30)31)11-20(21)35-9-8-29)28-37(32,33)16-5-2-14(3-6-16)23(25,26)27/h2-7,10-12,28-29H,8-9H2,1H3,(H,30,31). The number of hydrogen-bond acceptors (Lipinski definition) is 7. The number of carboxylic acid groups (broad SMARTS) is 1. The SMILES string of the molecule is COc1ccc(Cl)c(Oc2c(NS(=O)(=O)c3ccc(C(F)(F)F)cc3)cc(C(=O)O)cc2OCCO)c1. The zero-order chi connectivity index (χ0) is 27.4. The third-order valence-corrected chi connectivity index (χ3v) is 6.43. The molecular weight excluding hydrogens is 543 g/mol. The van der Waals surface area contributed by atoms with Gasteiger partial charge in [-0.15, -0.1) is 0 Å². The van der Waals surface area contributed by atoms with E-state index in [0.717, 1.165) is 24.3 Å². The molecule has 0 radical (unpaired) electrons. The molecule has 0 unspecified atom stereocenters. The van der Waals surface area contributed by atoms with Crippen LogP contribution in [-0.4, -0.2) is 44.9 Å². The lowest BCUT2D eigenvalue weighted by Crippen LogP contribution is -2.15. The molecule has 3 N–H and O–H groups in total. The molecule has 0 atom stereocenters. The van der Waals surface area contributed by atoms with E-state index in [4.69, 9.17) is 25.8 Å². The van der Waals surface area contributed by atoms with Gasteiger partial charge in [-0.2, -0.15) is 13.2 Å². The number of carbonyl (C=O) groups is 1. The van der Waals surface area contributed by atoms with Crippen molar-refractivity contribution in [1.29, 1.82) is 0 Å². The highest BCUT2D eigenvalue weighted by molar-refractivity contribution is 7.92. The van der Waals surface area contributed by atoms with Crippen LogP contribution in [0, 0.1) is 0 Å². The molecule has 0 fully saturated rings. The Morgan fingerprint density at radius 1 is 1.05 bits per heavy atom. The molecular formula is C23H19ClF3NO8S. The summed E-state index contributed by atoms with van der Waals surface area (Å²) in [5.41, 5.74) is -1.90. The number of anilines is 1. The Morgan fingerprint density at radius 2 is 1.73 bits per heavy atom. The molecule has 0 saturated carbocycles. The Hall–Kier alpha value is -3.68. The van der Waals surface area contributed by atoms with Crippen molar-refractivity contribution in [3.05, 3.63) is 70.7 Å². The van der Waals surface area contributed by atoms with E-state index in [-0.39, 0.29) is 28.9 Å². The van der Waals surface area contributed by atoms with Gasteiger partial charge in [0.2, 0.25) is 0 Å². The van der Waals surface area contributed by atoms with E-state index in [1.165, 1.54) is 25.3 Å². The number of ether oxygens (including phenoxy) is 3. The number of alkyl halides is 3. The molecule has 0 amide bonds. The topological polar surface area (TPSA) is 131 Å². The van der Waals surface area contributed by atoms with Gasteiger partial charge >= 0.3 is 12.1 Å². The molecule has 37 heavy (non-hydrogen) atoms. The van der Waals surface area contributed by atoms with Crippen LogP contribution in [0.1, 0.15) is 15.9 Å². The average Bonchev–Trinajstić information content (AvgIpc) is 2.84. The summed E-state index contributed by atoms with van der Waals surface area (Å²) in [6.45, 7) is -0.778. The Kier molecular flexibility index (Phi) is 8.41. The third kappa shape index (κ3) is 6.76. The van der Waals surface area contributed by atoms with Gasteiger partial charge in [0.05, 0.1) is 40.4 Å². The second kappa shape index (κ2) is 11.2. The summed E-state index contributed by atoms with van der Waals surface area (Å²) in [6.07, 6.45) is -4.68. The fourth-order valence-electron chi connectivity index (χ4n) is 3.00. The van der Waals surface area contributed by atoms with Crippen LogP contribution in [0.3, 0.4) is 0 Å².